The minimum atomic E-state index is -1.21. The molecule has 134 valence electrons. The summed E-state index contributed by atoms with van der Waals surface area (Å²) < 4.78 is 52.1. The molecule has 0 unspecified atom stereocenters. The van der Waals surface area contributed by atoms with E-state index in [2.05, 4.69) is 0 Å². The van der Waals surface area contributed by atoms with E-state index in [0.29, 0.717) is 5.39 Å². The van der Waals surface area contributed by atoms with Crippen LogP contribution < -0.4 is 9.47 Å². The van der Waals surface area contributed by atoms with Crippen LogP contribution in [0.3, 0.4) is 0 Å². The molecule has 0 aliphatic heterocycles. The van der Waals surface area contributed by atoms with Gasteiger partial charge >= 0.3 is 5.97 Å². The van der Waals surface area contributed by atoms with Crippen LogP contribution in [0.1, 0.15) is 17.3 Å². The van der Waals surface area contributed by atoms with Crippen molar-refractivity contribution in [2.45, 2.75) is 6.92 Å². The molecule has 3 aromatic carbocycles. The van der Waals surface area contributed by atoms with Gasteiger partial charge in [-0.3, -0.25) is 0 Å². The predicted octanol–water partition coefficient (Wildman–Crippen LogP) is 5.53. The number of fused-ring (bicyclic) bond motifs is 1. The standard InChI is InChI=1S/C19H12ClF3O3/c1-2-25-12-8-15(21)17(16(22)9-12)19(24)26-11-4-5-13-10(7-11)3-6-14(20)18(13)23/h3-9H,2H2,1H3. The summed E-state index contributed by atoms with van der Waals surface area (Å²) in [6.45, 7) is 1.88. The minimum Gasteiger partial charge on any atom is -0.494 e. The second-order valence-corrected chi connectivity index (χ2v) is 5.74. The molecule has 0 saturated heterocycles. The van der Waals surface area contributed by atoms with Crippen LogP contribution in [-0.4, -0.2) is 12.6 Å². The maximum absolute atomic E-state index is 14.1. The van der Waals surface area contributed by atoms with Gasteiger partial charge in [0.2, 0.25) is 0 Å². The lowest BCUT2D eigenvalue weighted by atomic mass is 10.1. The SMILES string of the molecule is CCOc1cc(F)c(C(=O)Oc2ccc3c(F)c(Cl)ccc3c2)c(F)c1. The van der Waals surface area contributed by atoms with Gasteiger partial charge in [0.15, 0.2) is 0 Å². The molecule has 3 aromatic rings. The lowest BCUT2D eigenvalue weighted by Crippen LogP contribution is -2.13. The molecule has 3 rings (SSSR count). The first-order valence-electron chi connectivity index (χ1n) is 7.62. The monoisotopic (exact) mass is 380 g/mol. The predicted molar refractivity (Wildman–Crippen MR) is 91.4 cm³/mol. The van der Waals surface area contributed by atoms with Gasteiger partial charge in [0.1, 0.15) is 34.5 Å². The van der Waals surface area contributed by atoms with Crippen molar-refractivity contribution < 1.29 is 27.4 Å². The molecule has 0 aliphatic rings. The normalized spacial score (nSPS) is 10.8. The van der Waals surface area contributed by atoms with Crippen molar-refractivity contribution in [2.24, 2.45) is 0 Å². The lowest BCUT2D eigenvalue weighted by Gasteiger charge is -2.10. The summed E-state index contributed by atoms with van der Waals surface area (Å²) in [5, 5.41) is 0.612. The van der Waals surface area contributed by atoms with Crippen LogP contribution >= 0.6 is 11.6 Å². The van der Waals surface area contributed by atoms with Gasteiger partial charge in [0.25, 0.3) is 0 Å². The summed E-state index contributed by atoms with van der Waals surface area (Å²) in [4.78, 5) is 12.1. The maximum atomic E-state index is 14.1. The average Bonchev–Trinajstić information content (AvgIpc) is 2.58. The molecular weight excluding hydrogens is 369 g/mol. The third-order valence-corrected chi connectivity index (χ3v) is 3.91. The highest BCUT2D eigenvalue weighted by Gasteiger charge is 2.21. The van der Waals surface area contributed by atoms with Crippen molar-refractivity contribution >= 4 is 28.3 Å². The topological polar surface area (TPSA) is 35.5 Å². The molecule has 0 fully saturated rings. The summed E-state index contributed by atoms with van der Waals surface area (Å²) in [5.74, 6) is -4.04. The largest absolute Gasteiger partial charge is 0.494 e. The Balaban J connectivity index is 1.91. The fraction of sp³-hybridized carbons (Fsp3) is 0.105. The van der Waals surface area contributed by atoms with Crippen LogP contribution in [0.15, 0.2) is 42.5 Å². The molecular formula is C19H12ClF3O3. The van der Waals surface area contributed by atoms with Crippen LogP contribution in [0.5, 0.6) is 11.5 Å². The Labute approximate surface area is 151 Å². The molecule has 0 N–H and O–H groups in total. The zero-order chi connectivity index (χ0) is 18.8. The molecule has 0 heterocycles. The van der Waals surface area contributed by atoms with E-state index in [1.54, 1.807) is 6.92 Å². The quantitative estimate of drug-likeness (QED) is 0.441. The molecule has 0 aliphatic carbocycles. The number of halogens is 4. The molecule has 0 amide bonds. The van der Waals surface area contributed by atoms with E-state index in [-0.39, 0.29) is 28.5 Å². The molecule has 0 atom stereocenters. The van der Waals surface area contributed by atoms with E-state index >= 15 is 0 Å². The smallest absolute Gasteiger partial charge is 0.349 e. The Hall–Kier alpha value is -2.73. The highest BCUT2D eigenvalue weighted by Crippen LogP contribution is 2.28. The van der Waals surface area contributed by atoms with Crippen molar-refractivity contribution in [1.29, 1.82) is 0 Å². The molecule has 26 heavy (non-hydrogen) atoms. The van der Waals surface area contributed by atoms with E-state index in [0.717, 1.165) is 12.1 Å². The number of esters is 1. The fourth-order valence-electron chi connectivity index (χ4n) is 2.46. The third-order valence-electron chi connectivity index (χ3n) is 3.62. The van der Waals surface area contributed by atoms with Crippen LogP contribution in [0.2, 0.25) is 5.02 Å². The van der Waals surface area contributed by atoms with Gasteiger partial charge in [-0.1, -0.05) is 17.7 Å². The first-order chi connectivity index (χ1) is 12.4. The second-order valence-electron chi connectivity index (χ2n) is 5.33. The first-order valence-corrected chi connectivity index (χ1v) is 8.00. The lowest BCUT2D eigenvalue weighted by molar-refractivity contribution is 0.0724. The Morgan fingerprint density at radius 3 is 2.35 bits per heavy atom. The van der Waals surface area contributed by atoms with Gasteiger partial charge in [-0.25, -0.2) is 18.0 Å². The molecule has 0 saturated carbocycles. The van der Waals surface area contributed by atoms with Gasteiger partial charge in [-0.15, -0.1) is 0 Å². The van der Waals surface area contributed by atoms with Gasteiger partial charge < -0.3 is 9.47 Å². The summed E-state index contributed by atoms with van der Waals surface area (Å²) in [6, 6.07) is 8.75. The second kappa shape index (κ2) is 7.25. The van der Waals surface area contributed by atoms with Crippen molar-refractivity contribution in [3.05, 3.63) is 70.5 Å². The Morgan fingerprint density at radius 2 is 1.69 bits per heavy atom. The molecule has 0 aromatic heterocycles. The van der Waals surface area contributed by atoms with E-state index < -0.39 is 29.0 Å². The van der Waals surface area contributed by atoms with Gasteiger partial charge in [0.05, 0.1) is 11.6 Å². The summed E-state index contributed by atoms with van der Waals surface area (Å²) in [6.07, 6.45) is 0. The number of hydrogen-bond donors (Lipinski definition) is 0. The Kier molecular flexibility index (Phi) is 5.04. The summed E-state index contributed by atoms with van der Waals surface area (Å²) >= 11 is 5.71. The highest BCUT2D eigenvalue weighted by molar-refractivity contribution is 6.31. The van der Waals surface area contributed by atoms with Crippen molar-refractivity contribution in [3.63, 3.8) is 0 Å². The van der Waals surface area contributed by atoms with Crippen LogP contribution in [0.25, 0.3) is 10.8 Å². The fourth-order valence-corrected chi connectivity index (χ4v) is 2.62. The highest BCUT2D eigenvalue weighted by atomic mass is 35.5. The third kappa shape index (κ3) is 3.46. The summed E-state index contributed by atoms with van der Waals surface area (Å²) in [5.41, 5.74) is -0.837. The molecule has 0 radical (unpaired) electrons. The number of rotatable bonds is 4. The van der Waals surface area contributed by atoms with Crippen molar-refractivity contribution in [1.82, 2.24) is 0 Å². The number of carbonyl (C=O) groups is 1. The van der Waals surface area contributed by atoms with Crippen LogP contribution in [0, 0.1) is 17.5 Å². The van der Waals surface area contributed by atoms with E-state index in [1.807, 2.05) is 0 Å². The summed E-state index contributed by atoms with van der Waals surface area (Å²) in [7, 11) is 0. The average molecular weight is 381 g/mol. The maximum Gasteiger partial charge on any atom is 0.349 e. The van der Waals surface area contributed by atoms with Crippen molar-refractivity contribution in [2.75, 3.05) is 6.61 Å². The van der Waals surface area contributed by atoms with Gasteiger partial charge in [-0.05, 0) is 36.6 Å². The molecule has 0 spiro atoms. The zero-order valence-electron chi connectivity index (χ0n) is 13.5. The Morgan fingerprint density at radius 1 is 1.00 bits per heavy atom. The Bertz CT molecular complexity index is 982. The van der Waals surface area contributed by atoms with Crippen LogP contribution in [-0.2, 0) is 0 Å². The van der Waals surface area contributed by atoms with E-state index in [9.17, 15) is 18.0 Å². The van der Waals surface area contributed by atoms with E-state index in [4.69, 9.17) is 21.1 Å². The number of benzene rings is 3. The number of hydrogen-bond acceptors (Lipinski definition) is 3. The molecule has 7 heteroatoms. The minimum absolute atomic E-state index is 0.0110. The van der Waals surface area contributed by atoms with E-state index in [1.165, 1.54) is 30.3 Å². The zero-order valence-corrected chi connectivity index (χ0v) is 14.2. The van der Waals surface area contributed by atoms with Crippen LogP contribution in [0.4, 0.5) is 13.2 Å². The van der Waals surface area contributed by atoms with Gasteiger partial charge in [0, 0.05) is 17.5 Å². The number of carbonyl (C=O) groups excluding carboxylic acids is 1. The number of ether oxygens (including phenoxy) is 2. The molecule has 3 nitrogen and oxygen atoms in total. The molecule has 0 bridgehead atoms. The van der Waals surface area contributed by atoms with Gasteiger partial charge in [-0.2, -0.15) is 0 Å². The first kappa shape index (κ1) is 18.1. The van der Waals surface area contributed by atoms with Crippen molar-refractivity contribution in [3.8, 4) is 11.5 Å².